The highest BCUT2D eigenvalue weighted by Gasteiger charge is 2.33. The molecule has 0 saturated heterocycles. The van der Waals surface area contributed by atoms with Gasteiger partial charge in [0.15, 0.2) is 0 Å². The largest absolute Gasteiger partial charge is 0.416 e. The topological polar surface area (TPSA) is 38.1 Å². The highest BCUT2D eigenvalue weighted by molar-refractivity contribution is 5.79. The first-order valence-corrected chi connectivity index (χ1v) is 9.23. The van der Waals surface area contributed by atoms with E-state index < -0.39 is 11.7 Å². The summed E-state index contributed by atoms with van der Waals surface area (Å²) in [5.74, 6) is 0.775. The smallest absolute Gasteiger partial charge is 0.333 e. The number of hydrogen-bond acceptors (Lipinski definition) is 2. The molecule has 3 rings (SSSR count). The number of aromatic nitrogens is 2. The van der Waals surface area contributed by atoms with Gasteiger partial charge in [-0.1, -0.05) is 24.6 Å². The molecule has 7 heteroatoms. The number of imidazole rings is 1. The van der Waals surface area contributed by atoms with Gasteiger partial charge in [0, 0.05) is 30.9 Å². The van der Waals surface area contributed by atoms with Crippen molar-refractivity contribution in [1.29, 1.82) is 0 Å². The van der Waals surface area contributed by atoms with E-state index in [9.17, 15) is 18.0 Å². The minimum absolute atomic E-state index is 0.00529. The van der Waals surface area contributed by atoms with Gasteiger partial charge in [-0.15, -0.1) is 0 Å². The van der Waals surface area contributed by atoms with E-state index in [1.807, 2.05) is 13.8 Å². The fourth-order valence-corrected chi connectivity index (χ4v) is 3.31. The van der Waals surface area contributed by atoms with Gasteiger partial charge in [0.1, 0.15) is 5.82 Å². The Labute approximate surface area is 157 Å². The third kappa shape index (κ3) is 4.34. The Morgan fingerprint density at radius 1 is 1.30 bits per heavy atom. The highest BCUT2D eigenvalue weighted by Crippen LogP contribution is 2.32. The van der Waals surface area contributed by atoms with Crippen molar-refractivity contribution in [1.82, 2.24) is 14.5 Å². The number of halogens is 3. The van der Waals surface area contributed by atoms with Gasteiger partial charge in [-0.2, -0.15) is 13.2 Å². The monoisotopic (exact) mass is 379 g/mol. The maximum absolute atomic E-state index is 13.3. The van der Waals surface area contributed by atoms with Gasteiger partial charge in [0.25, 0.3) is 0 Å². The van der Waals surface area contributed by atoms with Gasteiger partial charge in [-0.25, -0.2) is 4.98 Å². The van der Waals surface area contributed by atoms with Crippen LogP contribution in [0.4, 0.5) is 13.2 Å². The van der Waals surface area contributed by atoms with E-state index in [0.29, 0.717) is 12.4 Å². The van der Waals surface area contributed by atoms with E-state index in [-0.39, 0.29) is 30.0 Å². The summed E-state index contributed by atoms with van der Waals surface area (Å²) in [4.78, 5) is 18.8. The van der Waals surface area contributed by atoms with Crippen LogP contribution in [-0.4, -0.2) is 26.4 Å². The van der Waals surface area contributed by atoms with E-state index in [1.54, 1.807) is 27.9 Å². The molecule has 0 bridgehead atoms. The quantitative estimate of drug-likeness (QED) is 0.742. The van der Waals surface area contributed by atoms with Crippen LogP contribution in [-0.2, 0) is 24.1 Å². The van der Waals surface area contributed by atoms with Crippen LogP contribution >= 0.6 is 0 Å². The lowest BCUT2D eigenvalue weighted by molar-refractivity contribution is -0.140. The molecule has 0 atom stereocenters. The lowest BCUT2D eigenvalue weighted by Crippen LogP contribution is -2.43. The molecular weight excluding hydrogens is 355 g/mol. The fraction of sp³-hybridized carbons (Fsp3) is 0.500. The molecule has 1 heterocycles. The van der Waals surface area contributed by atoms with Crippen LogP contribution in [0.2, 0.25) is 0 Å². The van der Waals surface area contributed by atoms with Gasteiger partial charge in [-0.3, -0.25) is 4.79 Å². The summed E-state index contributed by atoms with van der Waals surface area (Å²) in [6.07, 6.45) is 1.73. The van der Waals surface area contributed by atoms with Crippen LogP contribution in [0.3, 0.4) is 0 Å². The third-order valence-corrected chi connectivity index (χ3v) is 5.14. The van der Waals surface area contributed by atoms with E-state index in [2.05, 4.69) is 4.98 Å². The molecule has 0 radical (unpaired) electrons. The summed E-state index contributed by atoms with van der Waals surface area (Å²) in [6.45, 7) is 4.26. The van der Waals surface area contributed by atoms with Gasteiger partial charge in [0.05, 0.1) is 12.1 Å². The van der Waals surface area contributed by atoms with Crippen molar-refractivity contribution in [3.05, 3.63) is 53.6 Å². The first-order chi connectivity index (χ1) is 12.8. The third-order valence-electron chi connectivity index (χ3n) is 5.14. The predicted octanol–water partition coefficient (Wildman–Crippen LogP) is 4.49. The number of carbonyl (C=O) groups excluding carboxylic acids is 1. The Morgan fingerprint density at radius 2 is 2.00 bits per heavy atom. The van der Waals surface area contributed by atoms with Crippen molar-refractivity contribution in [2.45, 2.75) is 58.4 Å². The summed E-state index contributed by atoms with van der Waals surface area (Å²) in [5, 5.41) is 0. The molecule has 4 nitrogen and oxygen atoms in total. The van der Waals surface area contributed by atoms with Crippen molar-refractivity contribution in [2.24, 2.45) is 5.92 Å². The number of alkyl halides is 3. The minimum atomic E-state index is -4.40. The minimum Gasteiger partial charge on any atom is -0.333 e. The van der Waals surface area contributed by atoms with Gasteiger partial charge in [0.2, 0.25) is 5.91 Å². The SMILES string of the molecule is CC(C)N(Cc1nccn1Cc1ccccc1C(F)(F)F)C(=O)C1CCC1. The second-order valence-electron chi connectivity index (χ2n) is 7.31. The molecule has 0 aliphatic heterocycles. The predicted molar refractivity (Wildman–Crippen MR) is 95.8 cm³/mol. The summed E-state index contributed by atoms with van der Waals surface area (Å²) >= 11 is 0. The number of benzene rings is 1. The Kier molecular flexibility index (Phi) is 5.58. The van der Waals surface area contributed by atoms with Crippen molar-refractivity contribution in [3.8, 4) is 0 Å². The molecule has 2 aromatic rings. The number of amides is 1. The molecule has 1 fully saturated rings. The lowest BCUT2D eigenvalue weighted by Gasteiger charge is -2.34. The van der Waals surface area contributed by atoms with Crippen LogP contribution in [0.15, 0.2) is 36.7 Å². The van der Waals surface area contributed by atoms with Crippen LogP contribution in [0.1, 0.15) is 50.1 Å². The Balaban J connectivity index is 1.81. The number of nitrogens with zero attached hydrogens (tertiary/aromatic N) is 3. The zero-order valence-electron chi connectivity index (χ0n) is 15.5. The Morgan fingerprint density at radius 3 is 2.59 bits per heavy atom. The molecule has 1 aromatic carbocycles. The molecular formula is C20H24F3N3O. The first-order valence-electron chi connectivity index (χ1n) is 9.23. The van der Waals surface area contributed by atoms with Gasteiger partial charge < -0.3 is 9.47 Å². The Hall–Kier alpha value is -2.31. The summed E-state index contributed by atoms with van der Waals surface area (Å²) in [6, 6.07) is 5.56. The first kappa shape index (κ1) is 19.5. The average molecular weight is 379 g/mol. The average Bonchev–Trinajstić information content (AvgIpc) is 2.97. The van der Waals surface area contributed by atoms with Crippen molar-refractivity contribution in [2.75, 3.05) is 0 Å². The van der Waals surface area contributed by atoms with Gasteiger partial charge in [-0.05, 0) is 38.3 Å². The lowest BCUT2D eigenvalue weighted by atomic mass is 9.84. The molecule has 1 aromatic heterocycles. The highest BCUT2D eigenvalue weighted by atomic mass is 19.4. The standard InChI is InChI=1S/C20H24F3N3O/c1-14(2)26(19(27)15-7-5-8-15)13-18-24-10-11-25(18)12-16-6-3-4-9-17(16)20(21,22)23/h3-4,6,9-11,14-15H,5,7-8,12-13H2,1-2H3. The Bertz CT molecular complexity index is 794. The van der Waals surface area contributed by atoms with Crippen LogP contribution < -0.4 is 0 Å². The molecule has 1 aliphatic rings. The zero-order valence-corrected chi connectivity index (χ0v) is 15.5. The molecule has 146 valence electrons. The van der Waals surface area contributed by atoms with E-state index in [4.69, 9.17) is 0 Å². The molecule has 27 heavy (non-hydrogen) atoms. The number of rotatable bonds is 6. The van der Waals surface area contributed by atoms with Gasteiger partial charge >= 0.3 is 6.18 Å². The summed E-state index contributed by atoms with van der Waals surface area (Å²) in [7, 11) is 0. The normalized spacial score (nSPS) is 15.0. The second kappa shape index (κ2) is 7.74. The fourth-order valence-electron chi connectivity index (χ4n) is 3.31. The summed E-state index contributed by atoms with van der Waals surface area (Å²) < 4.78 is 41.5. The summed E-state index contributed by atoms with van der Waals surface area (Å²) in [5.41, 5.74) is -0.457. The number of carbonyl (C=O) groups is 1. The van der Waals surface area contributed by atoms with Crippen LogP contribution in [0.5, 0.6) is 0 Å². The maximum atomic E-state index is 13.3. The van der Waals surface area contributed by atoms with Crippen LogP contribution in [0, 0.1) is 5.92 Å². The second-order valence-corrected chi connectivity index (χ2v) is 7.31. The molecule has 1 saturated carbocycles. The molecule has 0 unspecified atom stereocenters. The molecule has 0 spiro atoms. The van der Waals surface area contributed by atoms with Crippen LogP contribution in [0.25, 0.3) is 0 Å². The molecule has 1 aliphatic carbocycles. The van der Waals surface area contributed by atoms with Crippen molar-refractivity contribution >= 4 is 5.91 Å². The maximum Gasteiger partial charge on any atom is 0.416 e. The zero-order chi connectivity index (χ0) is 19.6. The molecule has 1 amide bonds. The van der Waals surface area contributed by atoms with Crippen molar-refractivity contribution < 1.29 is 18.0 Å². The number of hydrogen-bond donors (Lipinski definition) is 0. The van der Waals surface area contributed by atoms with Crippen molar-refractivity contribution in [3.63, 3.8) is 0 Å². The van der Waals surface area contributed by atoms with E-state index in [0.717, 1.165) is 25.3 Å². The molecule has 0 N–H and O–H groups in total. The van der Waals surface area contributed by atoms with E-state index >= 15 is 0 Å². The van der Waals surface area contributed by atoms with E-state index in [1.165, 1.54) is 12.1 Å².